The molecule has 1 unspecified atom stereocenters. The molecule has 0 saturated heterocycles. The first-order chi connectivity index (χ1) is 11.0. The number of imidazole rings is 1. The van der Waals surface area contributed by atoms with Crippen LogP contribution in [0.4, 0.5) is 0 Å². The minimum Gasteiger partial charge on any atom is -0.348 e. The van der Waals surface area contributed by atoms with Crippen LogP contribution in [0.3, 0.4) is 0 Å². The number of nitrogens with one attached hydrogen (secondary N) is 2. The summed E-state index contributed by atoms with van der Waals surface area (Å²) in [5.41, 5.74) is 1.80. The normalized spacial score (nSPS) is 17.3. The fraction of sp³-hybridized carbons (Fsp3) is 0.600. The summed E-state index contributed by atoms with van der Waals surface area (Å²) in [6.07, 6.45) is 3.25. The highest BCUT2D eigenvalue weighted by atomic mass is 16.5. The SMILES string of the molecule is CC(C)Cc1noc(CN(C)C(=O)C2NCCc3[nH]cnc32)n1. The zero-order chi connectivity index (χ0) is 16.4. The van der Waals surface area contributed by atoms with Crippen LogP contribution in [-0.2, 0) is 24.2 Å². The molecule has 0 saturated carbocycles. The third-order valence-corrected chi connectivity index (χ3v) is 3.85. The molecule has 2 N–H and O–H groups in total. The molecule has 1 aliphatic rings. The maximum Gasteiger partial charge on any atom is 0.246 e. The number of fused-ring (bicyclic) bond motifs is 1. The van der Waals surface area contributed by atoms with E-state index in [0.717, 1.165) is 30.8 Å². The van der Waals surface area contributed by atoms with Gasteiger partial charge in [-0.2, -0.15) is 4.98 Å². The molecule has 23 heavy (non-hydrogen) atoms. The molecule has 0 fully saturated rings. The van der Waals surface area contributed by atoms with Crippen LogP contribution < -0.4 is 5.32 Å². The fourth-order valence-electron chi connectivity index (χ4n) is 2.73. The van der Waals surface area contributed by atoms with Gasteiger partial charge in [0.2, 0.25) is 11.8 Å². The van der Waals surface area contributed by atoms with Crippen LogP contribution in [0.1, 0.15) is 43.0 Å². The molecule has 2 aromatic rings. The minimum atomic E-state index is -0.423. The van der Waals surface area contributed by atoms with Crippen LogP contribution in [0.5, 0.6) is 0 Å². The predicted octanol–water partition coefficient (Wildman–Crippen LogP) is 0.837. The van der Waals surface area contributed by atoms with Crippen molar-refractivity contribution in [2.45, 2.75) is 39.3 Å². The molecular weight excluding hydrogens is 296 g/mol. The molecule has 1 amide bonds. The molecule has 1 aliphatic heterocycles. The Balaban J connectivity index is 1.66. The van der Waals surface area contributed by atoms with Crippen molar-refractivity contribution >= 4 is 5.91 Å². The van der Waals surface area contributed by atoms with Gasteiger partial charge in [-0.15, -0.1) is 0 Å². The Morgan fingerprint density at radius 2 is 2.35 bits per heavy atom. The van der Waals surface area contributed by atoms with Gasteiger partial charge in [-0.1, -0.05) is 19.0 Å². The van der Waals surface area contributed by atoms with Crippen LogP contribution in [0.2, 0.25) is 0 Å². The lowest BCUT2D eigenvalue weighted by atomic mass is 10.0. The Labute approximate surface area is 134 Å². The van der Waals surface area contributed by atoms with E-state index in [9.17, 15) is 4.79 Å². The van der Waals surface area contributed by atoms with Crippen molar-refractivity contribution in [2.75, 3.05) is 13.6 Å². The van der Waals surface area contributed by atoms with Crippen molar-refractivity contribution in [1.82, 2.24) is 30.3 Å². The van der Waals surface area contributed by atoms with E-state index >= 15 is 0 Å². The van der Waals surface area contributed by atoms with E-state index in [4.69, 9.17) is 4.52 Å². The minimum absolute atomic E-state index is 0.0540. The second-order valence-electron chi connectivity index (χ2n) is 6.30. The smallest absolute Gasteiger partial charge is 0.246 e. The summed E-state index contributed by atoms with van der Waals surface area (Å²) in [6.45, 7) is 5.24. The Bertz CT molecular complexity index is 677. The molecule has 0 bridgehead atoms. The number of carbonyl (C=O) groups is 1. The van der Waals surface area contributed by atoms with Crippen molar-refractivity contribution in [3.05, 3.63) is 29.4 Å². The summed E-state index contributed by atoms with van der Waals surface area (Å²) < 4.78 is 5.23. The van der Waals surface area contributed by atoms with E-state index in [0.29, 0.717) is 24.2 Å². The second kappa shape index (κ2) is 6.49. The summed E-state index contributed by atoms with van der Waals surface area (Å²) in [4.78, 5) is 26.0. The van der Waals surface area contributed by atoms with Crippen molar-refractivity contribution in [1.29, 1.82) is 0 Å². The standard InChI is InChI=1S/C15H22N6O2/c1-9(2)6-11-19-12(23-20-11)7-21(3)15(22)14-13-10(4-5-16-14)17-8-18-13/h8-9,14,16H,4-7H2,1-3H3,(H,17,18). The third kappa shape index (κ3) is 3.42. The first kappa shape index (κ1) is 15.7. The average Bonchev–Trinajstić information content (AvgIpc) is 3.14. The molecule has 0 aliphatic carbocycles. The summed E-state index contributed by atoms with van der Waals surface area (Å²) in [5, 5.41) is 7.17. The predicted molar refractivity (Wildman–Crippen MR) is 82.3 cm³/mol. The zero-order valence-electron chi connectivity index (χ0n) is 13.7. The molecule has 3 heterocycles. The van der Waals surface area contributed by atoms with Gasteiger partial charge in [0, 0.05) is 32.1 Å². The van der Waals surface area contributed by atoms with E-state index in [1.165, 1.54) is 0 Å². The highest BCUT2D eigenvalue weighted by molar-refractivity contribution is 5.83. The summed E-state index contributed by atoms with van der Waals surface area (Å²) in [7, 11) is 1.73. The fourth-order valence-corrected chi connectivity index (χ4v) is 2.73. The van der Waals surface area contributed by atoms with E-state index in [1.54, 1.807) is 18.3 Å². The van der Waals surface area contributed by atoms with Crippen LogP contribution in [-0.4, -0.2) is 44.5 Å². The molecule has 8 heteroatoms. The Hall–Kier alpha value is -2.22. The van der Waals surface area contributed by atoms with Gasteiger partial charge in [-0.3, -0.25) is 4.79 Å². The van der Waals surface area contributed by atoms with Crippen molar-refractivity contribution < 1.29 is 9.32 Å². The quantitative estimate of drug-likeness (QED) is 0.847. The molecule has 0 spiro atoms. The van der Waals surface area contributed by atoms with Gasteiger partial charge < -0.3 is 19.7 Å². The number of amides is 1. The van der Waals surface area contributed by atoms with E-state index in [-0.39, 0.29) is 5.91 Å². The van der Waals surface area contributed by atoms with Crippen molar-refractivity contribution in [3.63, 3.8) is 0 Å². The number of aromatic nitrogens is 4. The van der Waals surface area contributed by atoms with Gasteiger partial charge in [0.25, 0.3) is 0 Å². The maximum atomic E-state index is 12.7. The summed E-state index contributed by atoms with van der Waals surface area (Å²) >= 11 is 0. The first-order valence-corrected chi connectivity index (χ1v) is 7.86. The summed E-state index contributed by atoms with van der Waals surface area (Å²) in [5.74, 6) is 1.54. The second-order valence-corrected chi connectivity index (χ2v) is 6.30. The Morgan fingerprint density at radius 3 is 3.13 bits per heavy atom. The number of hydrogen-bond acceptors (Lipinski definition) is 6. The van der Waals surface area contributed by atoms with Crippen LogP contribution in [0.15, 0.2) is 10.9 Å². The number of hydrogen-bond donors (Lipinski definition) is 2. The Morgan fingerprint density at radius 1 is 1.52 bits per heavy atom. The number of nitrogens with zero attached hydrogens (tertiary/aromatic N) is 4. The van der Waals surface area contributed by atoms with E-state index < -0.39 is 6.04 Å². The van der Waals surface area contributed by atoms with Crippen LogP contribution in [0.25, 0.3) is 0 Å². The topological polar surface area (TPSA) is 99.9 Å². The van der Waals surface area contributed by atoms with Crippen LogP contribution in [0, 0.1) is 5.92 Å². The molecule has 2 aromatic heterocycles. The lowest BCUT2D eigenvalue weighted by Gasteiger charge is -2.26. The number of rotatable bonds is 5. The molecular formula is C15H22N6O2. The molecule has 0 radical (unpaired) electrons. The van der Waals surface area contributed by atoms with Gasteiger partial charge in [0.15, 0.2) is 5.82 Å². The van der Waals surface area contributed by atoms with E-state index in [1.807, 2.05) is 0 Å². The Kier molecular flexibility index (Phi) is 4.42. The number of aromatic amines is 1. The lowest BCUT2D eigenvalue weighted by Crippen LogP contribution is -2.42. The van der Waals surface area contributed by atoms with Gasteiger partial charge in [-0.25, -0.2) is 4.98 Å². The highest BCUT2D eigenvalue weighted by Gasteiger charge is 2.31. The monoisotopic (exact) mass is 318 g/mol. The molecule has 8 nitrogen and oxygen atoms in total. The van der Waals surface area contributed by atoms with Crippen LogP contribution >= 0.6 is 0 Å². The van der Waals surface area contributed by atoms with E-state index in [2.05, 4.69) is 39.3 Å². The highest BCUT2D eigenvalue weighted by Crippen LogP contribution is 2.21. The van der Waals surface area contributed by atoms with Gasteiger partial charge in [0.1, 0.15) is 6.04 Å². The zero-order valence-corrected chi connectivity index (χ0v) is 13.7. The van der Waals surface area contributed by atoms with Gasteiger partial charge in [-0.05, 0) is 5.92 Å². The van der Waals surface area contributed by atoms with Gasteiger partial charge in [0.05, 0.1) is 18.6 Å². The van der Waals surface area contributed by atoms with Gasteiger partial charge >= 0.3 is 0 Å². The maximum absolute atomic E-state index is 12.7. The molecule has 0 aromatic carbocycles. The first-order valence-electron chi connectivity index (χ1n) is 7.86. The molecule has 1 atom stereocenters. The number of carbonyl (C=O) groups excluding carboxylic acids is 1. The largest absolute Gasteiger partial charge is 0.348 e. The van der Waals surface area contributed by atoms with Crippen molar-refractivity contribution in [2.24, 2.45) is 5.92 Å². The lowest BCUT2D eigenvalue weighted by molar-refractivity contribution is -0.133. The third-order valence-electron chi connectivity index (χ3n) is 3.85. The summed E-state index contributed by atoms with van der Waals surface area (Å²) in [6, 6.07) is -0.423. The number of H-pyrrole nitrogens is 1. The number of likely N-dealkylation sites (N-methyl/N-ethyl adjacent to an activating group) is 1. The molecule has 3 rings (SSSR count). The average molecular weight is 318 g/mol. The molecule has 124 valence electrons. The van der Waals surface area contributed by atoms with Crippen molar-refractivity contribution in [3.8, 4) is 0 Å².